The molecule has 4 aliphatic rings. The first-order chi connectivity index (χ1) is 22.5. The van der Waals surface area contributed by atoms with Gasteiger partial charge >= 0.3 is 0 Å². The molecule has 4 amide bonds. The zero-order valence-corrected chi connectivity index (χ0v) is 28.5. The number of carbonyl (C=O) groups excluding carboxylic acids is 4. The predicted octanol–water partition coefficient (Wildman–Crippen LogP) is 6.45. The van der Waals surface area contributed by atoms with Crippen LogP contribution in [0.2, 0.25) is 0 Å². The molecule has 7 rings (SSSR count). The monoisotopic (exact) mass is 736 g/mol. The molecule has 0 radical (unpaired) electrons. The van der Waals surface area contributed by atoms with Gasteiger partial charge in [-0.15, -0.1) is 23.2 Å². The Labute approximate surface area is 290 Å². The Morgan fingerprint density at radius 3 is 2.30 bits per heavy atom. The molecular weight excluding hydrogens is 707 g/mol. The molecule has 47 heavy (non-hydrogen) atoms. The number of phenols is 1. The van der Waals surface area contributed by atoms with Crippen LogP contribution < -0.4 is 9.64 Å². The number of hydrogen-bond acceptors (Lipinski definition) is 6. The molecule has 3 aromatic rings. The van der Waals surface area contributed by atoms with Crippen molar-refractivity contribution in [2.75, 3.05) is 10.4 Å². The second kappa shape index (κ2) is 11.8. The Hall–Kier alpha value is -3.66. The Kier molecular flexibility index (Phi) is 8.01. The van der Waals surface area contributed by atoms with E-state index in [1.54, 1.807) is 24.3 Å². The highest BCUT2D eigenvalue weighted by atomic mass is 79.9. The van der Waals surface area contributed by atoms with Gasteiger partial charge in [-0.3, -0.25) is 29.0 Å². The van der Waals surface area contributed by atoms with Crippen LogP contribution in [0.1, 0.15) is 42.4 Å². The Morgan fingerprint density at radius 2 is 1.64 bits per heavy atom. The fourth-order valence-electron chi connectivity index (χ4n) is 7.83. The molecule has 8 nitrogen and oxygen atoms in total. The van der Waals surface area contributed by atoms with Crippen molar-refractivity contribution in [1.29, 1.82) is 0 Å². The number of carbonyl (C=O) groups is 4. The van der Waals surface area contributed by atoms with Gasteiger partial charge in [0.15, 0.2) is 9.75 Å². The molecule has 2 aliphatic carbocycles. The van der Waals surface area contributed by atoms with Crippen molar-refractivity contribution in [3.05, 3.63) is 101 Å². The van der Waals surface area contributed by atoms with E-state index in [0.717, 1.165) is 22.4 Å². The van der Waals surface area contributed by atoms with Crippen molar-refractivity contribution in [3.63, 3.8) is 0 Å². The second-order valence-corrected chi connectivity index (χ2v) is 14.3. The molecule has 0 bridgehead atoms. The van der Waals surface area contributed by atoms with Crippen LogP contribution in [0.15, 0.2) is 84.4 Å². The van der Waals surface area contributed by atoms with Crippen LogP contribution in [0.25, 0.3) is 0 Å². The highest BCUT2D eigenvalue weighted by molar-refractivity contribution is 9.09. The van der Waals surface area contributed by atoms with Crippen LogP contribution in [0.4, 0.5) is 5.69 Å². The van der Waals surface area contributed by atoms with E-state index in [-0.39, 0.29) is 48.0 Å². The summed E-state index contributed by atoms with van der Waals surface area (Å²) >= 11 is 17.8. The maximum atomic E-state index is 14.2. The van der Waals surface area contributed by atoms with Crippen LogP contribution in [0.3, 0.4) is 0 Å². The minimum Gasteiger partial charge on any atom is -0.508 e. The van der Waals surface area contributed by atoms with Crippen LogP contribution >= 0.6 is 39.1 Å². The molecular formula is C36H31BrCl2N2O6. The summed E-state index contributed by atoms with van der Waals surface area (Å²) in [5.41, 5.74) is 3.24. The third kappa shape index (κ3) is 4.68. The number of phenolic OH excluding ortho intramolecular Hbond substituents is 1. The lowest BCUT2D eigenvalue weighted by Gasteiger charge is -2.50. The number of alkyl halides is 3. The van der Waals surface area contributed by atoms with E-state index >= 15 is 0 Å². The third-order valence-electron chi connectivity index (χ3n) is 10.2. The molecule has 1 saturated carbocycles. The minimum absolute atomic E-state index is 0.129. The normalized spacial score (nSPS) is 29.8. The maximum absolute atomic E-state index is 14.2. The Morgan fingerprint density at radius 1 is 0.915 bits per heavy atom. The number of nitrogens with zero attached hydrogens (tertiary/aromatic N) is 2. The lowest BCUT2D eigenvalue weighted by atomic mass is 9.56. The Bertz CT molecular complexity index is 1830. The van der Waals surface area contributed by atoms with Gasteiger partial charge in [0.1, 0.15) is 18.1 Å². The number of imide groups is 2. The summed E-state index contributed by atoms with van der Waals surface area (Å²) in [7, 11) is 0. The van der Waals surface area contributed by atoms with Crippen LogP contribution in [-0.2, 0) is 32.2 Å². The lowest BCUT2D eigenvalue weighted by molar-refractivity contribution is -0.138. The van der Waals surface area contributed by atoms with Gasteiger partial charge in [0.2, 0.25) is 11.8 Å². The molecule has 2 aliphatic heterocycles. The second-order valence-electron chi connectivity index (χ2n) is 12.5. The van der Waals surface area contributed by atoms with Crippen LogP contribution in [-0.4, -0.2) is 48.8 Å². The molecule has 0 spiro atoms. The van der Waals surface area contributed by atoms with Gasteiger partial charge in [0.05, 0.1) is 23.0 Å². The number of rotatable bonds is 7. The first-order valence-corrected chi connectivity index (χ1v) is 17.4. The summed E-state index contributed by atoms with van der Waals surface area (Å²) < 4.78 is 5.92. The third-order valence-corrected chi connectivity index (χ3v) is 12.1. The number of aryl methyl sites for hydroxylation is 1. The maximum Gasteiger partial charge on any atom is 0.254 e. The molecule has 11 heteroatoms. The van der Waals surface area contributed by atoms with Gasteiger partial charge in [-0.25, -0.2) is 0 Å². The number of benzene rings is 3. The number of allylic oxidation sites excluding steroid dienone is 2. The topological polar surface area (TPSA) is 104 Å². The molecule has 3 fully saturated rings. The largest absolute Gasteiger partial charge is 0.508 e. The number of anilines is 1. The summed E-state index contributed by atoms with van der Waals surface area (Å²) in [6.45, 7) is 2.29. The number of aromatic hydroxyl groups is 1. The number of halogens is 3. The smallest absolute Gasteiger partial charge is 0.254 e. The number of likely N-dealkylation sites (tertiary alicyclic amines) is 1. The van der Waals surface area contributed by atoms with E-state index in [2.05, 4.69) is 15.9 Å². The summed E-state index contributed by atoms with van der Waals surface area (Å²) in [5, 5.41) is 11.5. The van der Waals surface area contributed by atoms with Gasteiger partial charge in [-0.05, 0) is 54.5 Å². The average Bonchev–Trinajstić information content (AvgIpc) is 3.42. The van der Waals surface area contributed by atoms with Gasteiger partial charge in [0.25, 0.3) is 11.8 Å². The first kappa shape index (κ1) is 31.9. The highest BCUT2D eigenvalue weighted by Crippen LogP contribution is 2.66. The molecule has 6 atom stereocenters. The molecule has 1 N–H and O–H groups in total. The fraction of sp³-hybridized carbons (Fsp3) is 0.333. The minimum atomic E-state index is -2.01. The zero-order chi connectivity index (χ0) is 33.2. The van der Waals surface area contributed by atoms with E-state index in [9.17, 15) is 24.3 Å². The summed E-state index contributed by atoms with van der Waals surface area (Å²) in [5.74, 6) is -5.18. The van der Waals surface area contributed by atoms with E-state index < -0.39 is 45.2 Å². The van der Waals surface area contributed by atoms with E-state index in [4.69, 9.17) is 27.9 Å². The summed E-state index contributed by atoms with van der Waals surface area (Å²) in [6, 6.07) is 21.6. The van der Waals surface area contributed by atoms with Crippen molar-refractivity contribution in [1.82, 2.24) is 4.90 Å². The standard InChI is InChI=1S/C36H31BrCl2N2O6/c1-2-20-8-10-22(11-9-20)41-31(43)26-15-14-24-27(29(26)32(41)44)17-35(38)33(45)40(19-37)34(46)36(35,39)30(24)25-13-12-23(16-28(25)42)47-18-21-6-4-3-5-7-21/h3-14,16,26-27,29-30,42H,2,15,17-19H2,1H3. The van der Waals surface area contributed by atoms with E-state index in [1.807, 2.05) is 55.5 Å². The van der Waals surface area contributed by atoms with Crippen molar-refractivity contribution < 1.29 is 29.0 Å². The first-order valence-electron chi connectivity index (χ1n) is 15.5. The predicted molar refractivity (Wildman–Crippen MR) is 181 cm³/mol. The number of ether oxygens (including phenoxy) is 1. The number of amides is 4. The van der Waals surface area contributed by atoms with Gasteiger partial charge in [0, 0.05) is 17.5 Å². The van der Waals surface area contributed by atoms with Gasteiger partial charge < -0.3 is 9.84 Å². The van der Waals surface area contributed by atoms with Crippen molar-refractivity contribution in [2.45, 2.75) is 48.5 Å². The summed E-state index contributed by atoms with van der Waals surface area (Å²) in [6.07, 6.45) is 2.76. The summed E-state index contributed by atoms with van der Waals surface area (Å²) in [4.78, 5) is 54.2. The van der Waals surface area contributed by atoms with Crippen LogP contribution in [0, 0.1) is 17.8 Å². The molecule has 2 saturated heterocycles. The van der Waals surface area contributed by atoms with E-state index in [0.29, 0.717) is 17.0 Å². The van der Waals surface area contributed by atoms with E-state index in [1.165, 1.54) is 11.0 Å². The number of fused-ring (bicyclic) bond motifs is 4. The zero-order valence-electron chi connectivity index (χ0n) is 25.4. The number of hydrogen-bond donors (Lipinski definition) is 1. The molecule has 242 valence electrons. The lowest BCUT2D eigenvalue weighted by Crippen LogP contribution is -2.60. The van der Waals surface area contributed by atoms with Crippen molar-refractivity contribution >= 4 is 68.4 Å². The van der Waals surface area contributed by atoms with Gasteiger partial charge in [-0.2, -0.15) is 0 Å². The molecule has 6 unspecified atom stereocenters. The molecule has 2 heterocycles. The molecule has 3 aromatic carbocycles. The van der Waals surface area contributed by atoms with Crippen molar-refractivity contribution in [2.24, 2.45) is 17.8 Å². The van der Waals surface area contributed by atoms with Gasteiger partial charge in [-0.1, -0.05) is 83.0 Å². The highest BCUT2D eigenvalue weighted by Gasteiger charge is 2.76. The quantitative estimate of drug-likeness (QED) is 0.129. The van der Waals surface area contributed by atoms with Crippen molar-refractivity contribution in [3.8, 4) is 11.5 Å². The SMILES string of the molecule is CCc1ccc(N2C(=O)C3CC=C4C(CC5(Cl)C(=O)N(CBr)C(=O)C5(Cl)C4c4ccc(OCc5ccccc5)cc4O)C3C2=O)cc1. The fourth-order valence-corrected chi connectivity index (χ4v) is 9.25. The van der Waals surface area contributed by atoms with Crippen LogP contribution in [0.5, 0.6) is 11.5 Å². The molecule has 0 aromatic heterocycles. The Balaban J connectivity index is 1.30. The average molecular weight is 738 g/mol.